The number of hydrogen-bond acceptors (Lipinski definition) is 3. The lowest BCUT2D eigenvalue weighted by molar-refractivity contribution is -0.138. The number of aliphatic carboxylic acids is 1. The van der Waals surface area contributed by atoms with Crippen molar-refractivity contribution >= 4 is 11.9 Å². The molecule has 22 heavy (non-hydrogen) atoms. The third-order valence-electron chi connectivity index (χ3n) is 3.73. The second kappa shape index (κ2) is 5.63. The molecule has 1 aromatic heterocycles. The summed E-state index contributed by atoms with van der Waals surface area (Å²) >= 11 is 0. The van der Waals surface area contributed by atoms with Crippen LogP contribution in [-0.2, 0) is 4.79 Å². The third kappa shape index (κ3) is 2.72. The lowest BCUT2D eigenvalue weighted by atomic mass is 10.1. The number of benzene rings is 1. The Bertz CT molecular complexity index is 705. The predicted molar refractivity (Wildman–Crippen MR) is 80.1 cm³/mol. The molecule has 2 aromatic rings. The van der Waals surface area contributed by atoms with E-state index < -0.39 is 12.0 Å². The molecule has 114 valence electrons. The SMILES string of the molecule is C[C@@H](NC(=O)c1cnn(-c2ccccc2)c1C1CC1)C(=O)O. The van der Waals surface area contributed by atoms with Gasteiger partial charge in [-0.05, 0) is 31.9 Å². The number of para-hydroxylation sites is 1. The molecule has 0 unspecified atom stereocenters. The quantitative estimate of drug-likeness (QED) is 0.884. The molecule has 0 aliphatic heterocycles. The van der Waals surface area contributed by atoms with E-state index in [1.165, 1.54) is 13.1 Å². The molecule has 1 aliphatic carbocycles. The van der Waals surface area contributed by atoms with Crippen molar-refractivity contribution in [3.63, 3.8) is 0 Å². The van der Waals surface area contributed by atoms with Gasteiger partial charge in [-0.25, -0.2) is 4.68 Å². The fraction of sp³-hybridized carbons (Fsp3) is 0.312. The molecular weight excluding hydrogens is 282 g/mol. The van der Waals surface area contributed by atoms with Crippen LogP contribution in [-0.4, -0.2) is 32.8 Å². The van der Waals surface area contributed by atoms with Crippen molar-refractivity contribution in [1.82, 2.24) is 15.1 Å². The molecule has 1 fully saturated rings. The molecular formula is C16H17N3O3. The van der Waals surface area contributed by atoms with Crippen LogP contribution in [0.4, 0.5) is 0 Å². The average molecular weight is 299 g/mol. The van der Waals surface area contributed by atoms with E-state index in [1.54, 1.807) is 4.68 Å². The molecule has 6 heteroatoms. The molecule has 1 aromatic carbocycles. The Morgan fingerprint density at radius 3 is 2.59 bits per heavy atom. The van der Waals surface area contributed by atoms with Crippen LogP contribution in [0.5, 0.6) is 0 Å². The van der Waals surface area contributed by atoms with Gasteiger partial charge in [-0.3, -0.25) is 9.59 Å². The summed E-state index contributed by atoms with van der Waals surface area (Å²) in [5, 5.41) is 15.7. The van der Waals surface area contributed by atoms with E-state index in [9.17, 15) is 9.59 Å². The molecule has 1 aliphatic rings. The van der Waals surface area contributed by atoms with E-state index in [0.29, 0.717) is 11.5 Å². The minimum atomic E-state index is -1.06. The van der Waals surface area contributed by atoms with Crippen LogP contribution in [0.1, 0.15) is 41.7 Å². The van der Waals surface area contributed by atoms with Gasteiger partial charge < -0.3 is 10.4 Å². The molecule has 1 saturated carbocycles. The lowest BCUT2D eigenvalue weighted by Crippen LogP contribution is -2.38. The van der Waals surface area contributed by atoms with Crippen molar-refractivity contribution < 1.29 is 14.7 Å². The van der Waals surface area contributed by atoms with Gasteiger partial charge in [-0.2, -0.15) is 5.10 Å². The van der Waals surface area contributed by atoms with Crippen molar-refractivity contribution in [2.75, 3.05) is 0 Å². The summed E-state index contributed by atoms with van der Waals surface area (Å²) in [6.45, 7) is 1.44. The summed E-state index contributed by atoms with van der Waals surface area (Å²) in [6.07, 6.45) is 3.56. The Balaban J connectivity index is 1.94. The number of hydrogen-bond donors (Lipinski definition) is 2. The van der Waals surface area contributed by atoms with Crippen LogP contribution >= 0.6 is 0 Å². The number of rotatable bonds is 5. The smallest absolute Gasteiger partial charge is 0.325 e. The Labute approximate surface area is 127 Å². The Morgan fingerprint density at radius 1 is 1.32 bits per heavy atom. The summed E-state index contributed by atoms with van der Waals surface area (Å²) in [6, 6.07) is 8.69. The maximum atomic E-state index is 12.3. The number of carbonyl (C=O) groups is 2. The Morgan fingerprint density at radius 2 is 2.00 bits per heavy atom. The monoisotopic (exact) mass is 299 g/mol. The maximum Gasteiger partial charge on any atom is 0.325 e. The van der Waals surface area contributed by atoms with Crippen molar-refractivity contribution in [2.45, 2.75) is 31.7 Å². The summed E-state index contributed by atoms with van der Waals surface area (Å²) in [5.74, 6) is -1.14. The highest BCUT2D eigenvalue weighted by molar-refractivity contribution is 5.97. The number of amides is 1. The highest BCUT2D eigenvalue weighted by Gasteiger charge is 2.33. The number of aromatic nitrogens is 2. The topological polar surface area (TPSA) is 84.2 Å². The van der Waals surface area contributed by atoms with Crippen molar-refractivity contribution in [2.24, 2.45) is 0 Å². The fourth-order valence-corrected chi connectivity index (χ4v) is 2.39. The Kier molecular flexibility index (Phi) is 3.66. The average Bonchev–Trinajstić information content (AvgIpc) is 3.26. The van der Waals surface area contributed by atoms with Crippen molar-refractivity contribution in [1.29, 1.82) is 0 Å². The maximum absolute atomic E-state index is 12.3. The zero-order valence-corrected chi connectivity index (χ0v) is 12.2. The number of nitrogens with zero attached hydrogens (tertiary/aromatic N) is 2. The molecule has 0 saturated heterocycles. The minimum absolute atomic E-state index is 0.309. The first-order chi connectivity index (χ1) is 10.6. The number of carboxylic acid groups (broad SMARTS) is 1. The molecule has 2 N–H and O–H groups in total. The van der Waals surface area contributed by atoms with E-state index in [1.807, 2.05) is 30.3 Å². The molecule has 6 nitrogen and oxygen atoms in total. The Hall–Kier alpha value is -2.63. The third-order valence-corrected chi connectivity index (χ3v) is 3.73. The fourth-order valence-electron chi connectivity index (χ4n) is 2.39. The van der Waals surface area contributed by atoms with Gasteiger partial charge in [0.1, 0.15) is 6.04 Å². The second-order valence-corrected chi connectivity index (χ2v) is 5.50. The summed E-state index contributed by atoms with van der Waals surface area (Å²) in [4.78, 5) is 23.2. The number of nitrogens with one attached hydrogen (secondary N) is 1. The van der Waals surface area contributed by atoms with Crippen LogP contribution < -0.4 is 5.32 Å². The molecule has 1 amide bonds. The zero-order chi connectivity index (χ0) is 15.7. The van der Waals surface area contributed by atoms with Gasteiger partial charge in [0.25, 0.3) is 5.91 Å². The summed E-state index contributed by atoms with van der Waals surface area (Å²) < 4.78 is 1.78. The van der Waals surface area contributed by atoms with Gasteiger partial charge in [0, 0.05) is 5.92 Å². The zero-order valence-electron chi connectivity index (χ0n) is 12.2. The van der Waals surface area contributed by atoms with Crippen molar-refractivity contribution in [3.8, 4) is 5.69 Å². The number of carbonyl (C=O) groups excluding carboxylic acids is 1. The van der Waals surface area contributed by atoms with Crippen molar-refractivity contribution in [3.05, 3.63) is 47.8 Å². The molecule has 0 radical (unpaired) electrons. The first kappa shape index (κ1) is 14.3. The van der Waals surface area contributed by atoms with E-state index in [2.05, 4.69) is 10.4 Å². The van der Waals surface area contributed by atoms with Gasteiger partial charge in [-0.15, -0.1) is 0 Å². The van der Waals surface area contributed by atoms with E-state index in [-0.39, 0.29) is 5.91 Å². The van der Waals surface area contributed by atoms with Gasteiger partial charge in [0.05, 0.1) is 23.1 Å². The standard InChI is InChI=1S/C16H17N3O3/c1-10(16(21)22)18-15(20)13-9-17-19(14(13)11-7-8-11)12-5-3-2-4-6-12/h2-6,9-11H,7-8H2,1H3,(H,18,20)(H,21,22)/t10-/m1/s1. The van der Waals surface area contributed by atoms with Crippen LogP contribution in [0.15, 0.2) is 36.5 Å². The minimum Gasteiger partial charge on any atom is -0.480 e. The number of carboxylic acids is 1. The highest BCUT2D eigenvalue weighted by Crippen LogP contribution is 2.42. The highest BCUT2D eigenvalue weighted by atomic mass is 16.4. The van der Waals surface area contributed by atoms with Gasteiger partial charge in [0.2, 0.25) is 0 Å². The molecule has 3 rings (SSSR count). The van der Waals surface area contributed by atoms with Gasteiger partial charge in [-0.1, -0.05) is 18.2 Å². The van der Waals surface area contributed by atoms with Crippen LogP contribution in [0.2, 0.25) is 0 Å². The lowest BCUT2D eigenvalue weighted by Gasteiger charge is -2.11. The molecule has 1 atom stereocenters. The van der Waals surface area contributed by atoms with E-state index in [4.69, 9.17) is 5.11 Å². The van der Waals surface area contributed by atoms with Crippen LogP contribution in [0, 0.1) is 0 Å². The summed E-state index contributed by atoms with van der Waals surface area (Å²) in [7, 11) is 0. The van der Waals surface area contributed by atoms with Gasteiger partial charge in [0.15, 0.2) is 0 Å². The normalized spacial score (nSPS) is 15.3. The molecule has 0 spiro atoms. The molecule has 0 bridgehead atoms. The van der Waals surface area contributed by atoms with E-state index in [0.717, 1.165) is 24.2 Å². The van der Waals surface area contributed by atoms with Crippen LogP contribution in [0.25, 0.3) is 5.69 Å². The second-order valence-electron chi connectivity index (χ2n) is 5.50. The largest absolute Gasteiger partial charge is 0.480 e. The van der Waals surface area contributed by atoms with Gasteiger partial charge >= 0.3 is 5.97 Å². The van der Waals surface area contributed by atoms with E-state index >= 15 is 0 Å². The first-order valence-corrected chi connectivity index (χ1v) is 7.25. The first-order valence-electron chi connectivity index (χ1n) is 7.25. The summed E-state index contributed by atoms with van der Waals surface area (Å²) in [5.41, 5.74) is 2.22. The molecule has 1 heterocycles. The predicted octanol–water partition coefficient (Wildman–Crippen LogP) is 1.95. The van der Waals surface area contributed by atoms with Crippen LogP contribution in [0.3, 0.4) is 0 Å².